The number of rotatable bonds is 10. The van der Waals surface area contributed by atoms with Gasteiger partial charge in [0.1, 0.15) is 12.4 Å². The summed E-state index contributed by atoms with van der Waals surface area (Å²) in [6.07, 6.45) is 1.29. The van der Waals surface area contributed by atoms with E-state index in [1.165, 1.54) is 0 Å². The van der Waals surface area contributed by atoms with Gasteiger partial charge in [-0.25, -0.2) is 0 Å². The molecule has 1 aromatic carbocycles. The number of alkyl halides is 1. The lowest BCUT2D eigenvalue weighted by molar-refractivity contribution is -0.120. The third-order valence-corrected chi connectivity index (χ3v) is 6.62. The van der Waals surface area contributed by atoms with Crippen LogP contribution in [0, 0.1) is 10.8 Å². The number of amides is 2. The van der Waals surface area contributed by atoms with Crippen molar-refractivity contribution in [3.05, 3.63) is 46.1 Å². The molecule has 3 heterocycles. The van der Waals surface area contributed by atoms with E-state index in [0.717, 1.165) is 17.7 Å². The Morgan fingerprint density at radius 2 is 2.06 bits per heavy atom. The highest BCUT2D eigenvalue weighted by Crippen LogP contribution is 2.28. The van der Waals surface area contributed by atoms with Gasteiger partial charge in [0, 0.05) is 61.5 Å². The molecule has 0 spiro atoms. The number of nitrogens with one attached hydrogen (secondary N) is 4. The first-order chi connectivity index (χ1) is 15.9. The lowest BCUT2D eigenvalue weighted by Crippen LogP contribution is -2.51. The standard InChI is InChI=1S/C23H29ClFN5O3/c24-16-3-1-15(2-4-16)7-27-22(32)21(26)18-9-30(8-17-5-6-20(31)29-17)10-19(18)28-12-23(11-25)13-33-14-23/h1-4,17,26,28H,5-14H2,(H,27,32)(H,29,31). The number of ether oxygens (including phenoxy) is 1. The Morgan fingerprint density at radius 3 is 2.67 bits per heavy atom. The first-order valence-electron chi connectivity index (χ1n) is 11.1. The summed E-state index contributed by atoms with van der Waals surface area (Å²) in [4.78, 5) is 26.4. The summed E-state index contributed by atoms with van der Waals surface area (Å²) in [6, 6.07) is 7.20. The van der Waals surface area contributed by atoms with Gasteiger partial charge in [0.25, 0.3) is 5.91 Å². The van der Waals surface area contributed by atoms with Gasteiger partial charge in [-0.15, -0.1) is 0 Å². The average molecular weight is 478 g/mol. The molecule has 0 radical (unpaired) electrons. The summed E-state index contributed by atoms with van der Waals surface area (Å²) >= 11 is 5.90. The molecule has 1 unspecified atom stereocenters. The molecule has 33 heavy (non-hydrogen) atoms. The van der Waals surface area contributed by atoms with Crippen LogP contribution < -0.4 is 16.0 Å². The van der Waals surface area contributed by atoms with Crippen LogP contribution in [0.2, 0.25) is 5.02 Å². The predicted octanol–water partition coefficient (Wildman–Crippen LogP) is 1.40. The van der Waals surface area contributed by atoms with Crippen molar-refractivity contribution < 1.29 is 18.7 Å². The second-order valence-electron chi connectivity index (χ2n) is 9.09. The quantitative estimate of drug-likeness (QED) is 0.381. The molecule has 8 nitrogen and oxygen atoms in total. The highest BCUT2D eigenvalue weighted by atomic mass is 35.5. The zero-order valence-corrected chi connectivity index (χ0v) is 19.1. The molecule has 1 atom stereocenters. The molecule has 178 valence electrons. The van der Waals surface area contributed by atoms with Crippen LogP contribution in [-0.4, -0.2) is 74.5 Å². The van der Waals surface area contributed by atoms with Crippen LogP contribution in [0.5, 0.6) is 0 Å². The fourth-order valence-corrected chi connectivity index (χ4v) is 4.39. The highest BCUT2D eigenvalue weighted by Gasteiger charge is 2.40. The number of benzene rings is 1. The smallest absolute Gasteiger partial charge is 0.269 e. The SMILES string of the molecule is N=C(C(=O)NCc1ccc(Cl)cc1)C1=C(NCC2(CF)COC2)CN(CC2CCC(=O)N2)C1. The molecule has 2 saturated heterocycles. The van der Waals surface area contributed by atoms with Crippen molar-refractivity contribution in [3.63, 3.8) is 0 Å². The van der Waals surface area contributed by atoms with Crippen molar-refractivity contribution in [2.45, 2.75) is 25.4 Å². The molecule has 0 aromatic heterocycles. The van der Waals surface area contributed by atoms with E-state index in [4.69, 9.17) is 21.7 Å². The molecule has 0 saturated carbocycles. The topological polar surface area (TPSA) is 107 Å². The number of carbonyl (C=O) groups is 2. The van der Waals surface area contributed by atoms with E-state index in [1.54, 1.807) is 12.1 Å². The van der Waals surface area contributed by atoms with E-state index >= 15 is 0 Å². The average Bonchev–Trinajstić information content (AvgIpc) is 3.38. The van der Waals surface area contributed by atoms with E-state index < -0.39 is 18.0 Å². The summed E-state index contributed by atoms with van der Waals surface area (Å²) in [5.41, 5.74) is 1.58. The van der Waals surface area contributed by atoms with E-state index in [9.17, 15) is 14.0 Å². The van der Waals surface area contributed by atoms with Crippen LogP contribution >= 0.6 is 11.6 Å². The summed E-state index contributed by atoms with van der Waals surface area (Å²) in [6.45, 7) is 2.46. The van der Waals surface area contributed by atoms with Gasteiger partial charge in [-0.3, -0.25) is 24.3 Å². The lowest BCUT2D eigenvalue weighted by atomic mass is 9.87. The molecule has 3 aliphatic heterocycles. The van der Waals surface area contributed by atoms with Gasteiger partial charge in [-0.1, -0.05) is 23.7 Å². The summed E-state index contributed by atoms with van der Waals surface area (Å²) in [5, 5.41) is 18.2. The minimum Gasteiger partial charge on any atom is -0.386 e. The third kappa shape index (κ3) is 5.72. The monoisotopic (exact) mass is 477 g/mol. The van der Waals surface area contributed by atoms with Gasteiger partial charge in [0.15, 0.2) is 0 Å². The zero-order valence-electron chi connectivity index (χ0n) is 18.4. The van der Waals surface area contributed by atoms with Crippen molar-refractivity contribution in [2.24, 2.45) is 5.41 Å². The number of hydrogen-bond acceptors (Lipinski definition) is 6. The van der Waals surface area contributed by atoms with Crippen molar-refractivity contribution in [1.82, 2.24) is 20.9 Å². The molecule has 2 amide bonds. The Morgan fingerprint density at radius 1 is 1.30 bits per heavy atom. The first-order valence-corrected chi connectivity index (χ1v) is 11.5. The van der Waals surface area contributed by atoms with E-state index in [0.29, 0.717) is 56.4 Å². The maximum absolute atomic E-state index is 13.5. The molecular formula is C23H29ClFN5O3. The zero-order chi connectivity index (χ0) is 23.4. The normalized spacial score (nSPS) is 22.1. The molecule has 3 aliphatic rings. The van der Waals surface area contributed by atoms with Crippen molar-refractivity contribution in [2.75, 3.05) is 46.1 Å². The summed E-state index contributed by atoms with van der Waals surface area (Å²) < 4.78 is 18.7. The van der Waals surface area contributed by atoms with Crippen LogP contribution in [0.4, 0.5) is 4.39 Å². The molecule has 4 N–H and O–H groups in total. The Balaban J connectivity index is 1.41. The van der Waals surface area contributed by atoms with Crippen LogP contribution in [0.15, 0.2) is 35.5 Å². The lowest BCUT2D eigenvalue weighted by Gasteiger charge is -2.39. The summed E-state index contributed by atoms with van der Waals surface area (Å²) in [5.74, 6) is -0.419. The molecule has 2 fully saturated rings. The highest BCUT2D eigenvalue weighted by molar-refractivity contribution is 6.44. The number of hydrogen-bond donors (Lipinski definition) is 4. The van der Waals surface area contributed by atoms with Crippen molar-refractivity contribution in [3.8, 4) is 0 Å². The molecule has 0 aliphatic carbocycles. The minimum atomic E-state index is -0.552. The van der Waals surface area contributed by atoms with Crippen LogP contribution in [0.1, 0.15) is 18.4 Å². The molecule has 1 aromatic rings. The molecular weight excluding hydrogens is 449 g/mol. The summed E-state index contributed by atoms with van der Waals surface area (Å²) in [7, 11) is 0. The molecule has 4 rings (SSSR count). The Bertz CT molecular complexity index is 942. The maximum Gasteiger partial charge on any atom is 0.269 e. The Labute approximate surface area is 197 Å². The number of halogens is 2. The molecule has 0 bridgehead atoms. The van der Waals surface area contributed by atoms with E-state index in [2.05, 4.69) is 20.9 Å². The predicted molar refractivity (Wildman–Crippen MR) is 123 cm³/mol. The van der Waals surface area contributed by atoms with Gasteiger partial charge in [0.05, 0.1) is 18.6 Å². The Kier molecular flexibility index (Phi) is 7.31. The van der Waals surface area contributed by atoms with Crippen molar-refractivity contribution >= 4 is 29.1 Å². The van der Waals surface area contributed by atoms with Gasteiger partial charge >= 0.3 is 0 Å². The minimum absolute atomic E-state index is 0.0509. The first kappa shape index (κ1) is 23.7. The molecule has 10 heteroatoms. The van der Waals surface area contributed by atoms with Gasteiger partial charge < -0.3 is 20.7 Å². The fourth-order valence-electron chi connectivity index (χ4n) is 4.26. The largest absolute Gasteiger partial charge is 0.386 e. The van der Waals surface area contributed by atoms with Gasteiger partial charge in [0.2, 0.25) is 5.91 Å². The fraction of sp³-hybridized carbons (Fsp3) is 0.522. The number of nitrogens with zero attached hydrogens (tertiary/aromatic N) is 1. The van der Waals surface area contributed by atoms with Gasteiger partial charge in [-0.2, -0.15) is 0 Å². The maximum atomic E-state index is 13.5. The van der Waals surface area contributed by atoms with Crippen molar-refractivity contribution in [1.29, 1.82) is 5.41 Å². The van der Waals surface area contributed by atoms with Crippen LogP contribution in [0.3, 0.4) is 0 Å². The van der Waals surface area contributed by atoms with E-state index in [1.807, 2.05) is 12.1 Å². The third-order valence-electron chi connectivity index (χ3n) is 6.36. The van der Waals surface area contributed by atoms with Crippen LogP contribution in [-0.2, 0) is 20.9 Å². The number of carbonyl (C=O) groups excluding carboxylic acids is 2. The van der Waals surface area contributed by atoms with Crippen LogP contribution in [0.25, 0.3) is 0 Å². The van der Waals surface area contributed by atoms with E-state index in [-0.39, 0.29) is 24.2 Å². The second-order valence-corrected chi connectivity index (χ2v) is 9.53. The Hall–Kier alpha value is -2.49. The second kappa shape index (κ2) is 10.2. The van der Waals surface area contributed by atoms with Gasteiger partial charge in [-0.05, 0) is 24.1 Å².